The minimum atomic E-state index is -0.534. The predicted molar refractivity (Wildman–Crippen MR) is 97.4 cm³/mol. The van der Waals surface area contributed by atoms with E-state index in [1.54, 1.807) is 36.4 Å². The fourth-order valence-electron chi connectivity index (χ4n) is 1.75. The van der Waals surface area contributed by atoms with Gasteiger partial charge in [-0.2, -0.15) is 0 Å². The third-order valence-electron chi connectivity index (χ3n) is 2.89. The van der Waals surface area contributed by atoms with Gasteiger partial charge < -0.3 is 9.47 Å². The van der Waals surface area contributed by atoms with Gasteiger partial charge in [-0.3, -0.25) is 14.9 Å². The Kier molecular flexibility index (Phi) is 8.46. The molecule has 0 aliphatic rings. The average molecular weight is 384 g/mol. The number of methoxy groups -OCH3 is 2. The highest BCUT2D eigenvalue weighted by atomic mass is 35.5. The number of hydrogen-bond donors (Lipinski definition) is 0. The zero-order valence-corrected chi connectivity index (χ0v) is 15.0. The molecular weight excluding hydrogens is 369 g/mol. The average Bonchev–Trinajstić information content (AvgIpc) is 2.60. The standard InChI is InChI=1S/C9H8ClNO3.C8H7ClO2/c1-14-9-6-8(10)3-2-7(9)4-5-11(12)13;1-11-8-4-7(9)3-2-6(8)5-10/h2-6H,1H3;2-5H,1H3/b5-4+;. The Hall–Kier alpha value is -2.57. The van der Waals surface area contributed by atoms with E-state index in [2.05, 4.69) is 0 Å². The molecule has 132 valence electrons. The molecule has 0 atom stereocenters. The van der Waals surface area contributed by atoms with Crippen LogP contribution in [-0.2, 0) is 0 Å². The smallest absolute Gasteiger partial charge is 0.235 e. The Morgan fingerprint density at radius 2 is 1.44 bits per heavy atom. The Morgan fingerprint density at radius 3 is 1.88 bits per heavy atom. The van der Waals surface area contributed by atoms with Crippen LogP contribution in [0.1, 0.15) is 15.9 Å². The van der Waals surface area contributed by atoms with Crippen molar-refractivity contribution in [3.05, 3.63) is 73.9 Å². The molecule has 0 heterocycles. The number of benzene rings is 2. The van der Waals surface area contributed by atoms with Gasteiger partial charge in [-0.15, -0.1) is 0 Å². The van der Waals surface area contributed by atoms with Crippen LogP contribution >= 0.6 is 23.2 Å². The van der Waals surface area contributed by atoms with Gasteiger partial charge in [0.05, 0.1) is 24.7 Å². The molecule has 2 aromatic carbocycles. The van der Waals surface area contributed by atoms with Crippen LogP contribution in [0, 0.1) is 10.1 Å². The summed E-state index contributed by atoms with van der Waals surface area (Å²) in [6.45, 7) is 0. The highest BCUT2D eigenvalue weighted by Crippen LogP contribution is 2.24. The summed E-state index contributed by atoms with van der Waals surface area (Å²) < 4.78 is 9.90. The normalized spacial score (nSPS) is 9.92. The van der Waals surface area contributed by atoms with Crippen LogP contribution in [-0.4, -0.2) is 25.4 Å². The lowest BCUT2D eigenvalue weighted by Gasteiger charge is -2.03. The highest BCUT2D eigenvalue weighted by molar-refractivity contribution is 6.31. The van der Waals surface area contributed by atoms with Gasteiger partial charge in [0, 0.05) is 21.7 Å². The number of nitro groups is 1. The molecule has 0 unspecified atom stereocenters. The van der Waals surface area contributed by atoms with Crippen LogP contribution < -0.4 is 9.47 Å². The van der Waals surface area contributed by atoms with Crippen LogP contribution in [0.4, 0.5) is 0 Å². The Bertz CT molecular complexity index is 778. The largest absolute Gasteiger partial charge is 0.496 e. The summed E-state index contributed by atoms with van der Waals surface area (Å²) in [6.07, 6.45) is 2.94. The predicted octanol–water partition coefficient (Wildman–Crippen LogP) is 4.76. The number of carbonyl (C=O) groups excluding carboxylic acids is 1. The van der Waals surface area contributed by atoms with Crippen LogP contribution in [0.2, 0.25) is 10.0 Å². The molecule has 25 heavy (non-hydrogen) atoms. The Balaban J connectivity index is 0.000000257. The summed E-state index contributed by atoms with van der Waals surface area (Å²) in [7, 11) is 2.98. The van der Waals surface area contributed by atoms with Crippen molar-refractivity contribution in [3.63, 3.8) is 0 Å². The maximum absolute atomic E-state index is 10.4. The van der Waals surface area contributed by atoms with Crippen LogP contribution in [0.3, 0.4) is 0 Å². The third-order valence-corrected chi connectivity index (χ3v) is 3.36. The van der Waals surface area contributed by atoms with E-state index in [4.69, 9.17) is 32.7 Å². The number of ether oxygens (including phenoxy) is 2. The Morgan fingerprint density at radius 1 is 0.960 bits per heavy atom. The van der Waals surface area contributed by atoms with Gasteiger partial charge in [0.15, 0.2) is 6.29 Å². The van der Waals surface area contributed by atoms with E-state index in [9.17, 15) is 14.9 Å². The van der Waals surface area contributed by atoms with E-state index in [1.165, 1.54) is 20.3 Å². The van der Waals surface area contributed by atoms with E-state index in [0.717, 1.165) is 12.5 Å². The highest BCUT2D eigenvalue weighted by Gasteiger charge is 2.02. The van der Waals surface area contributed by atoms with E-state index >= 15 is 0 Å². The van der Waals surface area contributed by atoms with Crippen molar-refractivity contribution in [2.24, 2.45) is 0 Å². The van der Waals surface area contributed by atoms with Gasteiger partial charge in [-0.25, -0.2) is 0 Å². The molecule has 0 spiro atoms. The van der Waals surface area contributed by atoms with Gasteiger partial charge in [-0.1, -0.05) is 23.2 Å². The minimum absolute atomic E-state index is 0.507. The third kappa shape index (κ3) is 6.82. The molecule has 0 saturated carbocycles. The molecule has 2 rings (SSSR count). The lowest BCUT2D eigenvalue weighted by Crippen LogP contribution is -1.89. The maximum atomic E-state index is 10.4. The molecule has 0 N–H and O–H groups in total. The second kappa shape index (κ2) is 10.3. The lowest BCUT2D eigenvalue weighted by molar-refractivity contribution is -0.400. The molecule has 2 aromatic rings. The quantitative estimate of drug-likeness (QED) is 0.422. The van der Waals surface area contributed by atoms with Crippen molar-refractivity contribution < 1.29 is 19.2 Å². The fourth-order valence-corrected chi connectivity index (χ4v) is 2.07. The molecule has 0 radical (unpaired) electrons. The Labute approximate surface area is 154 Å². The maximum Gasteiger partial charge on any atom is 0.235 e. The number of carbonyl (C=O) groups is 1. The minimum Gasteiger partial charge on any atom is -0.496 e. The monoisotopic (exact) mass is 383 g/mol. The van der Waals surface area contributed by atoms with E-state index < -0.39 is 4.92 Å². The molecule has 0 fully saturated rings. The zero-order valence-electron chi connectivity index (χ0n) is 13.4. The molecular formula is C17H15Cl2NO5. The first kappa shape index (κ1) is 20.5. The summed E-state index contributed by atoms with van der Waals surface area (Å²) in [4.78, 5) is 19.9. The molecule has 8 heteroatoms. The molecule has 0 saturated heterocycles. The van der Waals surface area contributed by atoms with Gasteiger partial charge in [-0.05, 0) is 36.4 Å². The molecule has 0 bridgehead atoms. The zero-order chi connectivity index (χ0) is 18.8. The van der Waals surface area contributed by atoms with E-state index in [0.29, 0.717) is 32.7 Å². The van der Waals surface area contributed by atoms with E-state index in [1.807, 2.05) is 0 Å². The first-order valence-corrected chi connectivity index (χ1v) is 7.60. The van der Waals surface area contributed by atoms with Crippen molar-refractivity contribution in [3.8, 4) is 11.5 Å². The SMILES string of the molecule is COc1cc(Cl)ccc1/C=C/[N+](=O)[O-].COc1cc(Cl)ccc1C=O. The van der Waals surface area contributed by atoms with Crippen LogP contribution in [0.15, 0.2) is 42.6 Å². The van der Waals surface area contributed by atoms with E-state index in [-0.39, 0.29) is 0 Å². The van der Waals surface area contributed by atoms with Crippen molar-refractivity contribution in [1.29, 1.82) is 0 Å². The number of hydrogen-bond acceptors (Lipinski definition) is 5. The van der Waals surface area contributed by atoms with Gasteiger partial charge >= 0.3 is 0 Å². The second-order valence-electron chi connectivity index (χ2n) is 4.49. The molecule has 6 nitrogen and oxygen atoms in total. The first-order chi connectivity index (χ1) is 11.9. The van der Waals surface area contributed by atoms with Crippen molar-refractivity contribution >= 4 is 35.6 Å². The number of nitrogens with zero attached hydrogens (tertiary/aromatic N) is 1. The summed E-state index contributed by atoms with van der Waals surface area (Å²) >= 11 is 11.4. The fraction of sp³-hybridized carbons (Fsp3) is 0.118. The van der Waals surface area contributed by atoms with Crippen molar-refractivity contribution in [2.45, 2.75) is 0 Å². The molecule has 0 amide bonds. The number of rotatable bonds is 5. The summed E-state index contributed by atoms with van der Waals surface area (Å²) in [6, 6.07) is 9.76. The number of halogens is 2. The summed E-state index contributed by atoms with van der Waals surface area (Å²) in [5, 5.41) is 11.2. The van der Waals surface area contributed by atoms with Crippen LogP contribution in [0.25, 0.3) is 6.08 Å². The summed E-state index contributed by atoms with van der Waals surface area (Å²) in [5.41, 5.74) is 1.13. The first-order valence-electron chi connectivity index (χ1n) is 6.85. The molecule has 0 aliphatic heterocycles. The van der Waals surface area contributed by atoms with Crippen LogP contribution in [0.5, 0.6) is 11.5 Å². The van der Waals surface area contributed by atoms with Crippen molar-refractivity contribution in [1.82, 2.24) is 0 Å². The topological polar surface area (TPSA) is 78.7 Å². The lowest BCUT2D eigenvalue weighted by atomic mass is 10.2. The van der Waals surface area contributed by atoms with Gasteiger partial charge in [0.1, 0.15) is 11.5 Å². The van der Waals surface area contributed by atoms with Gasteiger partial charge in [0.2, 0.25) is 6.20 Å². The second-order valence-corrected chi connectivity index (χ2v) is 5.36. The molecule has 0 aromatic heterocycles. The van der Waals surface area contributed by atoms with Crippen molar-refractivity contribution in [2.75, 3.05) is 14.2 Å². The number of aldehydes is 1. The molecule has 0 aliphatic carbocycles. The van der Waals surface area contributed by atoms with Gasteiger partial charge in [0.25, 0.3) is 0 Å². The summed E-state index contributed by atoms with van der Waals surface area (Å²) in [5.74, 6) is 1.02.